The molecular formula is C14H30N2O. The Morgan fingerprint density at radius 2 is 2.18 bits per heavy atom. The Morgan fingerprint density at radius 1 is 1.35 bits per heavy atom. The van der Waals surface area contributed by atoms with Gasteiger partial charge in [-0.05, 0) is 25.4 Å². The van der Waals surface area contributed by atoms with Gasteiger partial charge >= 0.3 is 0 Å². The van der Waals surface area contributed by atoms with Gasteiger partial charge in [-0.2, -0.15) is 0 Å². The first-order valence-corrected chi connectivity index (χ1v) is 7.27. The van der Waals surface area contributed by atoms with Crippen molar-refractivity contribution in [3.8, 4) is 0 Å². The SMILES string of the molecule is CCCCCN1CCOC(CNCC(C)C)C1. The normalized spacial score (nSPS) is 22.2. The molecule has 1 atom stereocenters. The lowest BCUT2D eigenvalue weighted by Crippen LogP contribution is -2.47. The third-order valence-corrected chi connectivity index (χ3v) is 3.23. The molecule has 1 aliphatic rings. The van der Waals surface area contributed by atoms with Gasteiger partial charge < -0.3 is 10.1 Å². The standard InChI is InChI=1S/C14H30N2O/c1-4-5-6-7-16-8-9-17-14(12-16)11-15-10-13(2)3/h13-15H,4-12H2,1-3H3. The number of hydrogen-bond donors (Lipinski definition) is 1. The number of nitrogens with zero attached hydrogens (tertiary/aromatic N) is 1. The van der Waals surface area contributed by atoms with Crippen LogP contribution in [0.2, 0.25) is 0 Å². The summed E-state index contributed by atoms with van der Waals surface area (Å²) in [5, 5.41) is 3.49. The number of ether oxygens (including phenoxy) is 1. The van der Waals surface area contributed by atoms with Crippen LogP contribution in [-0.2, 0) is 4.74 Å². The van der Waals surface area contributed by atoms with Crippen LogP contribution in [0.25, 0.3) is 0 Å². The van der Waals surface area contributed by atoms with Gasteiger partial charge in [0.05, 0.1) is 12.7 Å². The van der Waals surface area contributed by atoms with Gasteiger partial charge in [-0.25, -0.2) is 0 Å². The maximum Gasteiger partial charge on any atom is 0.0826 e. The summed E-state index contributed by atoms with van der Waals surface area (Å²) < 4.78 is 5.79. The number of nitrogens with one attached hydrogen (secondary N) is 1. The van der Waals surface area contributed by atoms with Crippen LogP contribution in [0, 0.1) is 5.92 Å². The largest absolute Gasteiger partial charge is 0.374 e. The van der Waals surface area contributed by atoms with Gasteiger partial charge in [0.1, 0.15) is 0 Å². The summed E-state index contributed by atoms with van der Waals surface area (Å²) in [5.74, 6) is 0.722. The minimum atomic E-state index is 0.393. The number of rotatable bonds is 8. The molecule has 1 saturated heterocycles. The van der Waals surface area contributed by atoms with Crippen LogP contribution in [0.5, 0.6) is 0 Å². The first kappa shape index (κ1) is 14.9. The fraction of sp³-hybridized carbons (Fsp3) is 1.00. The zero-order valence-electron chi connectivity index (χ0n) is 11.9. The molecule has 0 aliphatic carbocycles. The molecule has 1 unspecified atom stereocenters. The van der Waals surface area contributed by atoms with Gasteiger partial charge in [-0.1, -0.05) is 33.6 Å². The van der Waals surface area contributed by atoms with Gasteiger partial charge in [0.2, 0.25) is 0 Å². The quantitative estimate of drug-likeness (QED) is 0.660. The molecule has 1 N–H and O–H groups in total. The molecule has 102 valence electrons. The number of hydrogen-bond acceptors (Lipinski definition) is 3. The second-order valence-corrected chi connectivity index (χ2v) is 5.55. The van der Waals surface area contributed by atoms with E-state index in [0.29, 0.717) is 6.10 Å². The fourth-order valence-corrected chi connectivity index (χ4v) is 2.23. The topological polar surface area (TPSA) is 24.5 Å². The van der Waals surface area contributed by atoms with Gasteiger partial charge in [-0.3, -0.25) is 4.90 Å². The Kier molecular flexibility index (Phi) is 7.82. The Morgan fingerprint density at radius 3 is 2.88 bits per heavy atom. The lowest BCUT2D eigenvalue weighted by molar-refractivity contribution is -0.0275. The van der Waals surface area contributed by atoms with E-state index in [0.717, 1.165) is 38.7 Å². The Hall–Kier alpha value is -0.120. The molecule has 17 heavy (non-hydrogen) atoms. The lowest BCUT2D eigenvalue weighted by atomic mass is 10.2. The van der Waals surface area contributed by atoms with Crippen molar-refractivity contribution in [2.75, 3.05) is 39.3 Å². The molecule has 0 bridgehead atoms. The average Bonchev–Trinajstić information content (AvgIpc) is 2.29. The number of morpholine rings is 1. The molecule has 0 aromatic rings. The van der Waals surface area contributed by atoms with Crippen molar-refractivity contribution in [3.63, 3.8) is 0 Å². The van der Waals surface area contributed by atoms with E-state index in [-0.39, 0.29) is 0 Å². The zero-order valence-corrected chi connectivity index (χ0v) is 11.9. The molecule has 0 saturated carbocycles. The van der Waals surface area contributed by atoms with Crippen molar-refractivity contribution in [2.24, 2.45) is 5.92 Å². The van der Waals surface area contributed by atoms with Crippen LogP contribution in [-0.4, -0.2) is 50.3 Å². The highest BCUT2D eigenvalue weighted by Gasteiger charge is 2.19. The molecule has 1 aliphatic heterocycles. The molecule has 1 rings (SSSR count). The zero-order chi connectivity index (χ0) is 12.5. The highest BCUT2D eigenvalue weighted by Crippen LogP contribution is 2.06. The molecule has 3 nitrogen and oxygen atoms in total. The van der Waals surface area contributed by atoms with E-state index >= 15 is 0 Å². The highest BCUT2D eigenvalue weighted by molar-refractivity contribution is 4.73. The summed E-state index contributed by atoms with van der Waals surface area (Å²) in [7, 11) is 0. The van der Waals surface area contributed by atoms with Gasteiger partial charge in [0, 0.05) is 19.6 Å². The average molecular weight is 242 g/mol. The predicted octanol–water partition coefficient (Wildman–Crippen LogP) is 2.12. The second kappa shape index (κ2) is 8.90. The van der Waals surface area contributed by atoms with Gasteiger partial charge in [0.25, 0.3) is 0 Å². The fourth-order valence-electron chi connectivity index (χ4n) is 2.23. The van der Waals surface area contributed by atoms with Crippen LogP contribution in [0.15, 0.2) is 0 Å². The van der Waals surface area contributed by atoms with Crippen LogP contribution >= 0.6 is 0 Å². The lowest BCUT2D eigenvalue weighted by Gasteiger charge is -2.33. The van der Waals surface area contributed by atoms with E-state index in [1.165, 1.54) is 25.8 Å². The van der Waals surface area contributed by atoms with E-state index in [1.807, 2.05) is 0 Å². The Bertz CT molecular complexity index is 185. The van der Waals surface area contributed by atoms with Crippen LogP contribution in [0.1, 0.15) is 40.0 Å². The summed E-state index contributed by atoms with van der Waals surface area (Å²) in [6, 6.07) is 0. The molecule has 0 spiro atoms. The Labute approximate surface area is 107 Å². The summed E-state index contributed by atoms with van der Waals surface area (Å²) in [4.78, 5) is 2.56. The monoisotopic (exact) mass is 242 g/mol. The van der Waals surface area contributed by atoms with Crippen molar-refractivity contribution in [3.05, 3.63) is 0 Å². The third kappa shape index (κ3) is 7.02. The van der Waals surface area contributed by atoms with Gasteiger partial charge in [-0.15, -0.1) is 0 Å². The van der Waals surface area contributed by atoms with E-state index in [1.54, 1.807) is 0 Å². The molecule has 0 aromatic heterocycles. The molecule has 0 radical (unpaired) electrons. The van der Waals surface area contributed by atoms with Crippen molar-refractivity contribution in [2.45, 2.75) is 46.1 Å². The molecule has 3 heteroatoms. The van der Waals surface area contributed by atoms with E-state index < -0.39 is 0 Å². The molecular weight excluding hydrogens is 212 g/mol. The first-order valence-electron chi connectivity index (χ1n) is 7.27. The summed E-state index contributed by atoms with van der Waals surface area (Å²) in [5.41, 5.74) is 0. The van der Waals surface area contributed by atoms with Crippen LogP contribution in [0.3, 0.4) is 0 Å². The number of unbranched alkanes of at least 4 members (excludes halogenated alkanes) is 2. The smallest absolute Gasteiger partial charge is 0.0826 e. The first-order chi connectivity index (χ1) is 8.22. The van der Waals surface area contributed by atoms with E-state index in [2.05, 4.69) is 31.0 Å². The second-order valence-electron chi connectivity index (χ2n) is 5.55. The highest BCUT2D eigenvalue weighted by atomic mass is 16.5. The van der Waals surface area contributed by atoms with Crippen molar-refractivity contribution >= 4 is 0 Å². The third-order valence-electron chi connectivity index (χ3n) is 3.23. The summed E-state index contributed by atoms with van der Waals surface area (Å²) in [6.07, 6.45) is 4.39. The summed E-state index contributed by atoms with van der Waals surface area (Å²) >= 11 is 0. The molecule has 0 amide bonds. The van der Waals surface area contributed by atoms with Gasteiger partial charge in [0.15, 0.2) is 0 Å². The molecule has 1 heterocycles. The van der Waals surface area contributed by atoms with E-state index in [4.69, 9.17) is 4.74 Å². The van der Waals surface area contributed by atoms with Crippen molar-refractivity contribution < 1.29 is 4.74 Å². The minimum Gasteiger partial charge on any atom is -0.374 e. The van der Waals surface area contributed by atoms with Crippen molar-refractivity contribution in [1.82, 2.24) is 10.2 Å². The maximum absolute atomic E-state index is 5.79. The predicted molar refractivity (Wildman–Crippen MR) is 73.4 cm³/mol. The minimum absolute atomic E-state index is 0.393. The maximum atomic E-state index is 5.79. The molecule has 1 fully saturated rings. The van der Waals surface area contributed by atoms with Crippen molar-refractivity contribution in [1.29, 1.82) is 0 Å². The Balaban J connectivity index is 2.10. The van der Waals surface area contributed by atoms with Crippen LogP contribution in [0.4, 0.5) is 0 Å². The van der Waals surface area contributed by atoms with E-state index in [9.17, 15) is 0 Å². The summed E-state index contributed by atoms with van der Waals surface area (Å²) in [6.45, 7) is 13.2. The molecule has 0 aromatic carbocycles. The van der Waals surface area contributed by atoms with Crippen LogP contribution < -0.4 is 5.32 Å².